The summed E-state index contributed by atoms with van der Waals surface area (Å²) in [6.07, 6.45) is 0. The maximum absolute atomic E-state index is 10.9. The summed E-state index contributed by atoms with van der Waals surface area (Å²) in [5, 5.41) is 8.97. The smallest absolute Gasteiger partial charge is 0.372 e. The van der Waals surface area contributed by atoms with Crippen molar-refractivity contribution in [1.29, 1.82) is 0 Å². The van der Waals surface area contributed by atoms with Crippen molar-refractivity contribution in [3.8, 4) is 0 Å². The molecule has 2 heterocycles. The molecule has 1 aromatic heterocycles. The molecule has 0 atom stereocenters. The van der Waals surface area contributed by atoms with Crippen LogP contribution in [0, 0.1) is 6.92 Å². The summed E-state index contributed by atoms with van der Waals surface area (Å²) in [6.45, 7) is 4.18. The van der Waals surface area contributed by atoms with E-state index in [2.05, 4.69) is 17.0 Å². The lowest BCUT2D eigenvalue weighted by Crippen LogP contribution is -2.15. The molecule has 0 spiro atoms. The first-order valence-electron chi connectivity index (χ1n) is 6.25. The highest BCUT2D eigenvalue weighted by molar-refractivity contribution is 5.86. The molecule has 4 nitrogen and oxygen atoms in total. The van der Waals surface area contributed by atoms with Crippen molar-refractivity contribution in [2.75, 3.05) is 0 Å². The zero-order valence-corrected chi connectivity index (χ0v) is 10.7. The van der Waals surface area contributed by atoms with E-state index < -0.39 is 5.97 Å². The second-order valence-electron chi connectivity index (χ2n) is 4.94. The van der Waals surface area contributed by atoms with Crippen LogP contribution in [-0.4, -0.2) is 16.0 Å². The van der Waals surface area contributed by atoms with Crippen molar-refractivity contribution in [2.24, 2.45) is 0 Å². The van der Waals surface area contributed by atoms with Crippen LogP contribution in [0.4, 0.5) is 0 Å². The van der Waals surface area contributed by atoms with Gasteiger partial charge in [-0.2, -0.15) is 0 Å². The first-order valence-corrected chi connectivity index (χ1v) is 6.25. The Balaban J connectivity index is 1.74. The molecule has 0 aliphatic carbocycles. The van der Waals surface area contributed by atoms with E-state index in [9.17, 15) is 4.79 Å². The Hall–Kier alpha value is -2.07. The first-order chi connectivity index (χ1) is 9.13. The number of nitrogens with zero attached hydrogens (tertiary/aromatic N) is 1. The fourth-order valence-corrected chi connectivity index (χ4v) is 2.57. The lowest BCUT2D eigenvalue weighted by Gasteiger charge is -2.12. The minimum atomic E-state index is -1.01. The Morgan fingerprint density at radius 1 is 1.32 bits per heavy atom. The summed E-state index contributed by atoms with van der Waals surface area (Å²) in [4.78, 5) is 13.2. The SMILES string of the molecule is Cc1cc(CN2Cc3ccccc3C2)oc1C(=O)O. The summed E-state index contributed by atoms with van der Waals surface area (Å²) < 4.78 is 5.40. The molecule has 0 fully saturated rings. The molecule has 0 saturated carbocycles. The van der Waals surface area contributed by atoms with Crippen LogP contribution in [0.15, 0.2) is 34.7 Å². The van der Waals surface area contributed by atoms with Gasteiger partial charge in [0, 0.05) is 18.7 Å². The van der Waals surface area contributed by atoms with E-state index >= 15 is 0 Å². The Morgan fingerprint density at radius 2 is 1.95 bits per heavy atom. The molecule has 2 aromatic rings. The lowest BCUT2D eigenvalue weighted by atomic mass is 10.1. The monoisotopic (exact) mass is 257 g/mol. The van der Waals surface area contributed by atoms with E-state index in [4.69, 9.17) is 9.52 Å². The number of hydrogen-bond donors (Lipinski definition) is 1. The standard InChI is InChI=1S/C15H15NO3/c1-10-6-13(19-14(10)15(17)18)9-16-7-11-4-2-3-5-12(11)8-16/h2-6H,7-9H2,1H3,(H,17,18). The van der Waals surface area contributed by atoms with Gasteiger partial charge >= 0.3 is 5.97 Å². The number of benzene rings is 1. The molecule has 1 N–H and O–H groups in total. The van der Waals surface area contributed by atoms with Crippen LogP contribution in [0.25, 0.3) is 0 Å². The number of aryl methyl sites for hydroxylation is 1. The van der Waals surface area contributed by atoms with E-state index in [-0.39, 0.29) is 5.76 Å². The molecule has 0 unspecified atom stereocenters. The van der Waals surface area contributed by atoms with E-state index in [0.29, 0.717) is 17.9 Å². The van der Waals surface area contributed by atoms with E-state index in [0.717, 1.165) is 13.1 Å². The molecule has 0 bridgehead atoms. The van der Waals surface area contributed by atoms with Gasteiger partial charge in [-0.3, -0.25) is 4.90 Å². The molecule has 0 saturated heterocycles. The molecule has 19 heavy (non-hydrogen) atoms. The molecule has 1 aliphatic heterocycles. The summed E-state index contributed by atoms with van der Waals surface area (Å²) in [5.74, 6) is -0.247. The molecular formula is C15H15NO3. The second-order valence-corrected chi connectivity index (χ2v) is 4.94. The van der Waals surface area contributed by atoms with Gasteiger partial charge in [-0.25, -0.2) is 4.79 Å². The van der Waals surface area contributed by atoms with Crippen molar-refractivity contribution in [2.45, 2.75) is 26.6 Å². The normalized spacial score (nSPS) is 14.6. The van der Waals surface area contributed by atoms with Gasteiger partial charge < -0.3 is 9.52 Å². The Labute approximate surface area is 111 Å². The van der Waals surface area contributed by atoms with Gasteiger partial charge in [-0.15, -0.1) is 0 Å². The van der Waals surface area contributed by atoms with Crippen LogP contribution >= 0.6 is 0 Å². The quantitative estimate of drug-likeness (QED) is 0.918. The van der Waals surface area contributed by atoms with Crippen molar-refractivity contribution in [3.05, 3.63) is 58.5 Å². The van der Waals surface area contributed by atoms with E-state index in [1.54, 1.807) is 6.92 Å². The third-order valence-electron chi connectivity index (χ3n) is 3.45. The number of fused-ring (bicyclic) bond motifs is 1. The molecule has 4 heteroatoms. The number of furan rings is 1. The van der Waals surface area contributed by atoms with Crippen LogP contribution in [0.5, 0.6) is 0 Å². The fraction of sp³-hybridized carbons (Fsp3) is 0.267. The number of carboxylic acids is 1. The zero-order valence-electron chi connectivity index (χ0n) is 10.7. The molecule has 0 amide bonds. The Bertz CT molecular complexity index is 605. The number of carbonyl (C=O) groups is 1. The highest BCUT2D eigenvalue weighted by Crippen LogP contribution is 2.25. The summed E-state index contributed by atoms with van der Waals surface area (Å²) >= 11 is 0. The number of rotatable bonds is 3. The fourth-order valence-electron chi connectivity index (χ4n) is 2.57. The summed E-state index contributed by atoms with van der Waals surface area (Å²) in [5.41, 5.74) is 3.35. The highest BCUT2D eigenvalue weighted by atomic mass is 16.4. The van der Waals surface area contributed by atoms with Crippen LogP contribution < -0.4 is 0 Å². The Morgan fingerprint density at radius 3 is 2.47 bits per heavy atom. The predicted molar refractivity (Wildman–Crippen MR) is 69.8 cm³/mol. The van der Waals surface area contributed by atoms with Gasteiger partial charge in [0.2, 0.25) is 5.76 Å². The number of carboxylic acid groups (broad SMARTS) is 1. The van der Waals surface area contributed by atoms with E-state index in [1.165, 1.54) is 11.1 Å². The summed E-state index contributed by atoms with van der Waals surface area (Å²) in [6, 6.07) is 10.2. The molecule has 3 rings (SSSR count). The van der Waals surface area contributed by atoms with Crippen molar-refractivity contribution in [1.82, 2.24) is 4.90 Å². The topological polar surface area (TPSA) is 53.7 Å². The first kappa shape index (κ1) is 12.0. The lowest BCUT2D eigenvalue weighted by molar-refractivity contribution is 0.0657. The average Bonchev–Trinajstić information content (AvgIpc) is 2.92. The van der Waals surface area contributed by atoms with Gasteiger partial charge in [-0.05, 0) is 24.1 Å². The molecule has 0 radical (unpaired) electrons. The molecule has 1 aliphatic rings. The maximum atomic E-state index is 10.9. The zero-order chi connectivity index (χ0) is 13.4. The van der Waals surface area contributed by atoms with Crippen LogP contribution in [0.2, 0.25) is 0 Å². The largest absolute Gasteiger partial charge is 0.475 e. The van der Waals surface area contributed by atoms with Crippen molar-refractivity contribution < 1.29 is 14.3 Å². The van der Waals surface area contributed by atoms with Gasteiger partial charge in [0.05, 0.1) is 6.54 Å². The van der Waals surface area contributed by atoms with Gasteiger partial charge in [0.15, 0.2) is 0 Å². The molecule has 98 valence electrons. The maximum Gasteiger partial charge on any atom is 0.372 e. The summed E-state index contributed by atoms with van der Waals surface area (Å²) in [7, 11) is 0. The highest BCUT2D eigenvalue weighted by Gasteiger charge is 2.21. The van der Waals surface area contributed by atoms with Gasteiger partial charge in [0.1, 0.15) is 5.76 Å². The van der Waals surface area contributed by atoms with Crippen LogP contribution in [0.1, 0.15) is 33.0 Å². The third kappa shape index (κ3) is 2.27. The molecular weight excluding hydrogens is 242 g/mol. The van der Waals surface area contributed by atoms with E-state index in [1.807, 2.05) is 18.2 Å². The minimum Gasteiger partial charge on any atom is -0.475 e. The number of aromatic carboxylic acids is 1. The second kappa shape index (κ2) is 4.55. The van der Waals surface area contributed by atoms with Gasteiger partial charge in [-0.1, -0.05) is 24.3 Å². The third-order valence-corrected chi connectivity index (χ3v) is 3.45. The van der Waals surface area contributed by atoms with Crippen molar-refractivity contribution >= 4 is 5.97 Å². The van der Waals surface area contributed by atoms with Crippen LogP contribution in [0.3, 0.4) is 0 Å². The average molecular weight is 257 g/mol. The minimum absolute atomic E-state index is 0.0479. The van der Waals surface area contributed by atoms with Crippen LogP contribution in [-0.2, 0) is 19.6 Å². The van der Waals surface area contributed by atoms with Crippen molar-refractivity contribution in [3.63, 3.8) is 0 Å². The Kier molecular flexibility index (Phi) is 2.87. The van der Waals surface area contributed by atoms with Gasteiger partial charge in [0.25, 0.3) is 0 Å². The molecule has 1 aromatic carbocycles. The predicted octanol–water partition coefficient (Wildman–Crippen LogP) is 2.80. The number of hydrogen-bond acceptors (Lipinski definition) is 3.